The lowest BCUT2D eigenvalue weighted by molar-refractivity contribution is -0.164. The molecule has 0 radical (unpaired) electrons. The topological polar surface area (TPSA) is 74.6 Å². The maximum atomic E-state index is 10.9. The van der Waals surface area contributed by atoms with Gasteiger partial charge in [0.25, 0.3) is 0 Å². The predicted molar refractivity (Wildman–Crippen MR) is 56.7 cm³/mol. The highest BCUT2D eigenvalue weighted by Gasteiger charge is 2.46. The summed E-state index contributed by atoms with van der Waals surface area (Å²) in [6.07, 6.45) is 2.59. The molecule has 1 saturated carbocycles. The molecule has 0 aromatic heterocycles. The Bertz CT molecular complexity index is 237. The summed E-state index contributed by atoms with van der Waals surface area (Å²) in [6.45, 7) is 5.54. The van der Waals surface area contributed by atoms with E-state index in [2.05, 4.69) is 0 Å². The van der Waals surface area contributed by atoms with Crippen LogP contribution >= 0.6 is 0 Å². The van der Waals surface area contributed by atoms with Crippen molar-refractivity contribution in [1.29, 1.82) is 0 Å². The Morgan fingerprint density at radius 1 is 1.20 bits per heavy atom. The summed E-state index contributed by atoms with van der Waals surface area (Å²) in [6, 6.07) is 0. The molecule has 2 N–H and O–H groups in total. The number of rotatable bonds is 2. The largest absolute Gasteiger partial charge is 0.481 e. The van der Waals surface area contributed by atoms with Crippen LogP contribution in [-0.2, 0) is 9.59 Å². The van der Waals surface area contributed by atoms with Gasteiger partial charge in [-0.3, -0.25) is 9.59 Å². The third-order valence-corrected chi connectivity index (χ3v) is 2.99. The van der Waals surface area contributed by atoms with Gasteiger partial charge in [0.1, 0.15) is 0 Å². The molecule has 15 heavy (non-hydrogen) atoms. The van der Waals surface area contributed by atoms with Gasteiger partial charge < -0.3 is 10.2 Å². The van der Waals surface area contributed by atoms with Gasteiger partial charge in [-0.2, -0.15) is 0 Å². The lowest BCUT2D eigenvalue weighted by Gasteiger charge is -2.34. The fourth-order valence-electron chi connectivity index (χ4n) is 1.99. The molecule has 0 saturated heterocycles. The van der Waals surface area contributed by atoms with E-state index in [1.165, 1.54) is 6.92 Å². The van der Waals surface area contributed by atoms with Crippen molar-refractivity contribution in [2.45, 2.75) is 46.5 Å². The van der Waals surface area contributed by atoms with Gasteiger partial charge in [-0.1, -0.05) is 26.7 Å². The number of carbonyl (C=O) groups is 2. The van der Waals surface area contributed by atoms with Crippen LogP contribution in [-0.4, -0.2) is 22.2 Å². The first-order valence-electron chi connectivity index (χ1n) is 5.44. The van der Waals surface area contributed by atoms with E-state index in [1.54, 1.807) is 0 Å². The Morgan fingerprint density at radius 2 is 1.73 bits per heavy atom. The highest BCUT2D eigenvalue weighted by molar-refractivity contribution is 5.83. The average molecular weight is 216 g/mol. The Morgan fingerprint density at radius 3 is 2.07 bits per heavy atom. The van der Waals surface area contributed by atoms with Crippen LogP contribution in [0.25, 0.3) is 0 Å². The molecule has 1 fully saturated rings. The summed E-state index contributed by atoms with van der Waals surface area (Å²) in [5, 5.41) is 17.8. The second-order valence-corrected chi connectivity index (χ2v) is 3.86. The highest BCUT2D eigenvalue weighted by atomic mass is 16.4. The van der Waals surface area contributed by atoms with Crippen molar-refractivity contribution in [3.05, 3.63) is 0 Å². The molecule has 0 amide bonds. The van der Waals surface area contributed by atoms with Gasteiger partial charge in [0.05, 0.1) is 11.3 Å². The molecular weight excluding hydrogens is 196 g/mol. The van der Waals surface area contributed by atoms with Crippen molar-refractivity contribution >= 4 is 11.9 Å². The maximum Gasteiger partial charge on any atom is 0.310 e. The number of carboxylic acid groups (broad SMARTS) is 2. The van der Waals surface area contributed by atoms with Crippen LogP contribution in [0.4, 0.5) is 0 Å². The molecule has 1 aliphatic rings. The maximum absolute atomic E-state index is 10.9. The van der Waals surface area contributed by atoms with Crippen LogP contribution < -0.4 is 0 Å². The smallest absolute Gasteiger partial charge is 0.310 e. The summed E-state index contributed by atoms with van der Waals surface area (Å²) < 4.78 is 0. The van der Waals surface area contributed by atoms with Gasteiger partial charge in [-0.25, -0.2) is 0 Å². The van der Waals surface area contributed by atoms with Crippen LogP contribution in [0.2, 0.25) is 0 Å². The molecule has 0 aromatic carbocycles. The van der Waals surface area contributed by atoms with E-state index in [1.807, 2.05) is 13.8 Å². The Balaban J connectivity index is 0.000000921. The van der Waals surface area contributed by atoms with Gasteiger partial charge in [-0.05, 0) is 19.8 Å². The Labute approximate surface area is 90.3 Å². The van der Waals surface area contributed by atoms with E-state index in [0.29, 0.717) is 12.8 Å². The molecule has 0 bridgehead atoms. The lowest BCUT2D eigenvalue weighted by Crippen LogP contribution is -2.42. The molecule has 0 unspecified atom stereocenters. The molecule has 0 aromatic rings. The zero-order valence-corrected chi connectivity index (χ0v) is 9.62. The van der Waals surface area contributed by atoms with Crippen LogP contribution in [0, 0.1) is 11.3 Å². The van der Waals surface area contributed by atoms with E-state index < -0.39 is 23.3 Å². The van der Waals surface area contributed by atoms with E-state index >= 15 is 0 Å². The first-order chi connectivity index (χ1) is 6.98. The molecule has 0 aliphatic heterocycles. The van der Waals surface area contributed by atoms with E-state index in [4.69, 9.17) is 10.2 Å². The van der Waals surface area contributed by atoms with Crippen LogP contribution in [0.1, 0.15) is 46.5 Å². The summed E-state index contributed by atoms with van der Waals surface area (Å²) in [5.74, 6) is -2.69. The molecular formula is C11H20O4. The fraction of sp³-hybridized carbons (Fsp3) is 0.818. The van der Waals surface area contributed by atoms with Crippen molar-refractivity contribution in [1.82, 2.24) is 0 Å². The van der Waals surface area contributed by atoms with Crippen LogP contribution in [0.15, 0.2) is 0 Å². The number of carboxylic acids is 2. The van der Waals surface area contributed by atoms with Crippen molar-refractivity contribution in [3.8, 4) is 0 Å². The number of hydrogen-bond acceptors (Lipinski definition) is 2. The molecule has 0 heterocycles. The third kappa shape index (κ3) is 2.94. The first-order valence-corrected chi connectivity index (χ1v) is 5.44. The first kappa shape index (κ1) is 13.9. The Kier molecular flexibility index (Phi) is 5.33. The predicted octanol–water partition coefficient (Wildman–Crippen LogP) is 2.38. The molecule has 4 nitrogen and oxygen atoms in total. The number of aliphatic carboxylic acids is 2. The van der Waals surface area contributed by atoms with Crippen molar-refractivity contribution in [3.63, 3.8) is 0 Å². The minimum atomic E-state index is -1.07. The third-order valence-electron chi connectivity index (χ3n) is 2.99. The summed E-state index contributed by atoms with van der Waals surface area (Å²) in [7, 11) is 0. The highest BCUT2D eigenvalue weighted by Crippen LogP contribution is 2.41. The second-order valence-electron chi connectivity index (χ2n) is 3.86. The number of hydrogen-bond donors (Lipinski definition) is 2. The second kappa shape index (κ2) is 5.73. The van der Waals surface area contributed by atoms with Gasteiger partial charge in [0.2, 0.25) is 0 Å². The van der Waals surface area contributed by atoms with Crippen molar-refractivity contribution in [2.75, 3.05) is 0 Å². The minimum absolute atomic E-state index is 0.472. The van der Waals surface area contributed by atoms with Gasteiger partial charge >= 0.3 is 11.9 Å². The van der Waals surface area contributed by atoms with E-state index in [9.17, 15) is 9.59 Å². The van der Waals surface area contributed by atoms with Gasteiger partial charge in [-0.15, -0.1) is 0 Å². The SMILES string of the molecule is CC.C[C@@]1(C(=O)O)CCCC[C@H]1C(=O)O. The molecule has 4 heteroatoms. The zero-order valence-electron chi connectivity index (χ0n) is 9.62. The van der Waals surface area contributed by atoms with Crippen molar-refractivity contribution < 1.29 is 19.8 Å². The standard InChI is InChI=1S/C9H14O4.C2H6/c1-9(8(12)13)5-3-2-4-6(9)7(10)11;1-2/h6H,2-5H2,1H3,(H,10,11)(H,12,13);1-2H3/t6-,9+;/m0./s1. The molecule has 0 spiro atoms. The molecule has 88 valence electrons. The minimum Gasteiger partial charge on any atom is -0.481 e. The molecule has 1 aliphatic carbocycles. The summed E-state index contributed by atoms with van der Waals surface area (Å²) in [4.78, 5) is 21.7. The van der Waals surface area contributed by atoms with Gasteiger partial charge in [0.15, 0.2) is 0 Å². The van der Waals surface area contributed by atoms with Crippen molar-refractivity contribution in [2.24, 2.45) is 11.3 Å². The summed E-state index contributed by atoms with van der Waals surface area (Å²) >= 11 is 0. The van der Waals surface area contributed by atoms with Gasteiger partial charge in [0, 0.05) is 0 Å². The summed E-state index contributed by atoms with van der Waals surface area (Å²) in [5.41, 5.74) is -1.07. The molecule has 1 rings (SSSR count). The fourth-order valence-corrected chi connectivity index (χ4v) is 1.99. The Hall–Kier alpha value is -1.06. The van der Waals surface area contributed by atoms with E-state index in [-0.39, 0.29) is 0 Å². The van der Waals surface area contributed by atoms with Crippen LogP contribution in [0.5, 0.6) is 0 Å². The quantitative estimate of drug-likeness (QED) is 0.743. The van der Waals surface area contributed by atoms with Crippen LogP contribution in [0.3, 0.4) is 0 Å². The normalized spacial score (nSPS) is 29.9. The molecule has 2 atom stereocenters. The van der Waals surface area contributed by atoms with E-state index in [0.717, 1.165) is 12.8 Å². The average Bonchev–Trinajstić information content (AvgIpc) is 2.21. The zero-order chi connectivity index (χ0) is 12.1. The lowest BCUT2D eigenvalue weighted by atomic mass is 9.67. The monoisotopic (exact) mass is 216 g/mol.